The fourth-order valence-corrected chi connectivity index (χ4v) is 1.92. The molecule has 0 aromatic heterocycles. The van der Waals surface area contributed by atoms with Crippen LogP contribution in [0.15, 0.2) is 35.3 Å². The Labute approximate surface area is 114 Å². The van der Waals surface area contributed by atoms with Crippen molar-refractivity contribution in [3.63, 3.8) is 0 Å². The van der Waals surface area contributed by atoms with Gasteiger partial charge < -0.3 is 9.84 Å². The minimum atomic E-state index is -1.70. The number of hydrogen-bond acceptors (Lipinski definition) is 3. The molecule has 0 aliphatic carbocycles. The van der Waals surface area contributed by atoms with Crippen LogP contribution in [0.25, 0.3) is 0 Å². The lowest BCUT2D eigenvalue weighted by Gasteiger charge is -2.28. The highest BCUT2D eigenvalue weighted by molar-refractivity contribution is 6.76. The lowest BCUT2D eigenvalue weighted by Crippen LogP contribution is -2.36. The summed E-state index contributed by atoms with van der Waals surface area (Å²) in [5.41, 5.74) is 0.857. The Morgan fingerprint density at radius 3 is 2.47 bits per heavy atom. The Morgan fingerprint density at radius 2 is 1.88 bits per heavy atom. The molecule has 6 heteroatoms. The summed E-state index contributed by atoms with van der Waals surface area (Å²) in [6.45, 7) is 0.0618. The summed E-state index contributed by atoms with van der Waals surface area (Å²) in [5, 5.41) is 9.84. The molecule has 1 aliphatic rings. The quantitative estimate of drug-likeness (QED) is 0.809. The minimum absolute atomic E-state index is 0.0154. The third-order valence-corrected chi connectivity index (χ3v) is 2.88. The van der Waals surface area contributed by atoms with E-state index in [-0.39, 0.29) is 12.5 Å². The molecule has 2 rings (SSSR count). The zero-order valence-corrected chi connectivity index (χ0v) is 11.0. The number of nitrogens with zero attached hydrogens (tertiary/aromatic N) is 1. The van der Waals surface area contributed by atoms with Crippen LogP contribution >= 0.6 is 34.8 Å². The first-order valence-electron chi connectivity index (χ1n) is 4.99. The molecule has 1 aromatic carbocycles. The van der Waals surface area contributed by atoms with Crippen LogP contribution in [0.3, 0.4) is 0 Å². The fraction of sp³-hybridized carbons (Fsp3) is 0.364. The number of ether oxygens (including phenoxy) is 1. The first-order chi connectivity index (χ1) is 7.98. The lowest BCUT2D eigenvalue weighted by molar-refractivity contribution is 0.0632. The van der Waals surface area contributed by atoms with E-state index in [0.29, 0.717) is 0 Å². The van der Waals surface area contributed by atoms with Gasteiger partial charge >= 0.3 is 0 Å². The van der Waals surface area contributed by atoms with Crippen LogP contribution in [0.1, 0.15) is 11.6 Å². The monoisotopic (exact) mass is 293 g/mol. The second-order valence-corrected chi connectivity index (χ2v) is 5.95. The van der Waals surface area contributed by atoms with Gasteiger partial charge in [-0.05, 0) is 5.56 Å². The standard InChI is InChI=1S/C11H10Cl3NO2/c12-11(13,14)10-15-9(8(16)6-17-10)7-4-2-1-3-5-7/h1-5,8-9,16H,6H2/t8-,9+/m0/s1. The van der Waals surface area contributed by atoms with Gasteiger partial charge in [0.15, 0.2) is 0 Å². The predicted octanol–water partition coefficient (Wildman–Crippen LogP) is 2.89. The number of rotatable bonds is 1. The average molecular weight is 295 g/mol. The molecule has 0 bridgehead atoms. The largest absolute Gasteiger partial charge is 0.475 e. The Bertz CT molecular complexity index is 416. The molecule has 0 spiro atoms. The predicted molar refractivity (Wildman–Crippen MR) is 68.9 cm³/mol. The first-order valence-corrected chi connectivity index (χ1v) is 6.12. The highest BCUT2D eigenvalue weighted by atomic mass is 35.6. The molecule has 1 aromatic rings. The Kier molecular flexibility index (Phi) is 3.83. The van der Waals surface area contributed by atoms with Crippen molar-refractivity contribution in [3.8, 4) is 0 Å². The molecule has 0 saturated carbocycles. The average Bonchev–Trinajstić information content (AvgIpc) is 2.29. The van der Waals surface area contributed by atoms with E-state index < -0.39 is 15.9 Å². The van der Waals surface area contributed by atoms with Gasteiger partial charge in [-0.15, -0.1) is 0 Å². The van der Waals surface area contributed by atoms with Crippen molar-refractivity contribution < 1.29 is 9.84 Å². The molecule has 0 unspecified atom stereocenters. The third-order valence-electron chi connectivity index (χ3n) is 2.40. The van der Waals surface area contributed by atoms with Crippen LogP contribution in [-0.2, 0) is 4.74 Å². The summed E-state index contributed by atoms with van der Waals surface area (Å²) in [6, 6.07) is 8.87. The van der Waals surface area contributed by atoms with Gasteiger partial charge in [-0.1, -0.05) is 65.1 Å². The number of aliphatic hydroxyl groups excluding tert-OH is 1. The Morgan fingerprint density at radius 1 is 1.24 bits per heavy atom. The number of aliphatic imine (C=N–C) groups is 1. The van der Waals surface area contributed by atoms with Crippen molar-refractivity contribution in [2.75, 3.05) is 6.61 Å². The minimum Gasteiger partial charge on any atom is -0.475 e. The van der Waals surface area contributed by atoms with E-state index >= 15 is 0 Å². The molecule has 2 atom stereocenters. The summed E-state index contributed by atoms with van der Waals surface area (Å²) in [6.07, 6.45) is -0.742. The van der Waals surface area contributed by atoms with Crippen LogP contribution in [-0.4, -0.2) is 27.5 Å². The molecule has 0 fully saturated rings. The van der Waals surface area contributed by atoms with E-state index in [1.165, 1.54) is 0 Å². The molecule has 0 radical (unpaired) electrons. The van der Waals surface area contributed by atoms with Gasteiger partial charge in [0.05, 0.1) is 0 Å². The van der Waals surface area contributed by atoms with Crippen LogP contribution in [0.2, 0.25) is 0 Å². The van der Waals surface area contributed by atoms with E-state index in [0.717, 1.165) is 5.56 Å². The van der Waals surface area contributed by atoms with Gasteiger partial charge in [0.1, 0.15) is 18.8 Å². The molecule has 17 heavy (non-hydrogen) atoms. The van der Waals surface area contributed by atoms with Gasteiger partial charge in [-0.3, -0.25) is 0 Å². The van der Waals surface area contributed by atoms with Crippen molar-refractivity contribution in [1.29, 1.82) is 0 Å². The molecular weight excluding hydrogens is 284 g/mol. The van der Waals surface area contributed by atoms with E-state index in [1.54, 1.807) is 0 Å². The molecular formula is C11H10Cl3NO2. The number of alkyl halides is 3. The number of benzene rings is 1. The molecule has 1 heterocycles. The highest BCUT2D eigenvalue weighted by Gasteiger charge is 2.36. The summed E-state index contributed by atoms with van der Waals surface area (Å²) in [7, 11) is 0. The van der Waals surface area contributed by atoms with E-state index in [9.17, 15) is 5.11 Å². The molecule has 92 valence electrons. The second kappa shape index (κ2) is 5.02. The van der Waals surface area contributed by atoms with Crippen LogP contribution in [0, 0.1) is 0 Å². The molecule has 1 aliphatic heterocycles. The summed E-state index contributed by atoms with van der Waals surface area (Å²) in [4.78, 5) is 4.15. The number of halogens is 3. The highest BCUT2D eigenvalue weighted by Crippen LogP contribution is 2.34. The van der Waals surface area contributed by atoms with Crippen molar-refractivity contribution >= 4 is 40.7 Å². The zero-order chi connectivity index (χ0) is 12.5. The Balaban J connectivity index is 2.32. The summed E-state index contributed by atoms with van der Waals surface area (Å²) < 4.78 is 3.41. The molecule has 0 amide bonds. The van der Waals surface area contributed by atoms with E-state index in [2.05, 4.69) is 4.99 Å². The first kappa shape index (κ1) is 13.0. The van der Waals surface area contributed by atoms with Crippen molar-refractivity contribution in [3.05, 3.63) is 35.9 Å². The fourth-order valence-electron chi connectivity index (χ4n) is 1.61. The van der Waals surface area contributed by atoms with Crippen molar-refractivity contribution in [2.45, 2.75) is 15.9 Å². The van der Waals surface area contributed by atoms with Crippen molar-refractivity contribution in [2.24, 2.45) is 4.99 Å². The molecule has 3 nitrogen and oxygen atoms in total. The van der Waals surface area contributed by atoms with Crippen LogP contribution in [0.4, 0.5) is 0 Å². The van der Waals surface area contributed by atoms with Gasteiger partial charge in [0, 0.05) is 0 Å². The molecule has 1 N–H and O–H groups in total. The Hall–Kier alpha value is -0.480. The maximum Gasteiger partial charge on any atom is 0.266 e. The van der Waals surface area contributed by atoms with Gasteiger partial charge in [-0.25, -0.2) is 4.99 Å². The maximum absolute atomic E-state index is 9.84. The van der Waals surface area contributed by atoms with E-state index in [1.807, 2.05) is 30.3 Å². The van der Waals surface area contributed by atoms with E-state index in [4.69, 9.17) is 39.5 Å². The third kappa shape index (κ3) is 3.05. The SMILES string of the molecule is O[C@H]1COC(C(Cl)(Cl)Cl)=N[C@@H]1c1ccccc1. The van der Waals surface area contributed by atoms with Crippen molar-refractivity contribution in [1.82, 2.24) is 0 Å². The normalized spacial score (nSPS) is 25.1. The van der Waals surface area contributed by atoms with Crippen LogP contribution in [0.5, 0.6) is 0 Å². The summed E-state index contributed by atoms with van der Waals surface area (Å²) in [5.74, 6) is 0.0154. The number of hydrogen-bond donors (Lipinski definition) is 1. The topological polar surface area (TPSA) is 41.8 Å². The van der Waals surface area contributed by atoms with Crippen LogP contribution < -0.4 is 0 Å². The smallest absolute Gasteiger partial charge is 0.266 e. The maximum atomic E-state index is 9.84. The van der Waals surface area contributed by atoms with Gasteiger partial charge in [0.2, 0.25) is 5.90 Å². The van der Waals surface area contributed by atoms with Gasteiger partial charge in [0.25, 0.3) is 3.79 Å². The second-order valence-electron chi connectivity index (χ2n) is 3.67. The van der Waals surface area contributed by atoms with Gasteiger partial charge in [-0.2, -0.15) is 0 Å². The molecule has 0 saturated heterocycles. The number of aliphatic hydroxyl groups is 1. The summed E-state index contributed by atoms with van der Waals surface area (Å²) >= 11 is 17.1. The lowest BCUT2D eigenvalue weighted by atomic mass is 10.0. The zero-order valence-electron chi connectivity index (χ0n) is 8.69.